The van der Waals surface area contributed by atoms with Gasteiger partial charge in [0.25, 0.3) is 10.0 Å². The number of anilines is 3. The summed E-state index contributed by atoms with van der Waals surface area (Å²) in [6, 6.07) is 18.7. The van der Waals surface area contributed by atoms with Crippen molar-refractivity contribution in [2.75, 3.05) is 15.4 Å². The van der Waals surface area contributed by atoms with Crippen molar-refractivity contribution in [2.24, 2.45) is 0 Å². The first-order valence-electron chi connectivity index (χ1n) is 9.44. The predicted molar refractivity (Wildman–Crippen MR) is 125 cm³/mol. The standard InChI is InChI=1S/C22H20N4O3S2/c1-14-8-9-16(12-15(14)2)23-21(27)24-17-10-11-19-20(13-17)30-22(25-19)26-31(28,29)18-6-4-3-5-7-18/h3-13H,1-2H3,(H,25,26)(H2,23,24,27). The van der Waals surface area contributed by atoms with E-state index in [2.05, 4.69) is 20.3 Å². The number of aromatic nitrogens is 1. The summed E-state index contributed by atoms with van der Waals surface area (Å²) in [6.07, 6.45) is 0. The maximum absolute atomic E-state index is 12.5. The summed E-state index contributed by atoms with van der Waals surface area (Å²) in [6.45, 7) is 4.00. The molecule has 0 spiro atoms. The second-order valence-electron chi connectivity index (χ2n) is 7.00. The van der Waals surface area contributed by atoms with Crippen molar-refractivity contribution in [3.05, 3.63) is 77.9 Å². The number of hydrogen-bond acceptors (Lipinski definition) is 5. The maximum Gasteiger partial charge on any atom is 0.323 e. The monoisotopic (exact) mass is 452 g/mol. The van der Waals surface area contributed by atoms with E-state index in [0.29, 0.717) is 16.9 Å². The summed E-state index contributed by atoms with van der Waals surface area (Å²) in [7, 11) is -3.71. The smallest absolute Gasteiger partial charge is 0.308 e. The summed E-state index contributed by atoms with van der Waals surface area (Å²) in [5.41, 5.74) is 4.16. The first-order valence-corrected chi connectivity index (χ1v) is 11.7. The van der Waals surface area contributed by atoms with Gasteiger partial charge in [0, 0.05) is 11.4 Å². The highest BCUT2D eigenvalue weighted by Gasteiger charge is 2.16. The summed E-state index contributed by atoms with van der Waals surface area (Å²) in [5.74, 6) is 0. The Bertz CT molecular complexity index is 1370. The zero-order valence-electron chi connectivity index (χ0n) is 16.8. The Morgan fingerprint density at radius 3 is 2.26 bits per heavy atom. The first-order chi connectivity index (χ1) is 14.8. The molecule has 3 aromatic carbocycles. The molecule has 0 aliphatic rings. The number of amides is 2. The Morgan fingerprint density at radius 2 is 1.55 bits per heavy atom. The molecule has 4 aromatic rings. The van der Waals surface area contributed by atoms with Gasteiger partial charge in [-0.05, 0) is 67.4 Å². The van der Waals surface area contributed by atoms with Gasteiger partial charge < -0.3 is 10.6 Å². The third-order valence-corrected chi connectivity index (χ3v) is 7.10. The molecule has 0 saturated carbocycles. The number of benzene rings is 3. The Hall–Kier alpha value is -3.43. The van der Waals surface area contributed by atoms with E-state index in [4.69, 9.17) is 0 Å². The lowest BCUT2D eigenvalue weighted by Gasteiger charge is -2.09. The van der Waals surface area contributed by atoms with Crippen LogP contribution < -0.4 is 15.4 Å². The van der Waals surface area contributed by atoms with E-state index < -0.39 is 10.0 Å². The predicted octanol–water partition coefficient (Wildman–Crippen LogP) is 5.36. The summed E-state index contributed by atoms with van der Waals surface area (Å²) in [4.78, 5) is 16.8. The normalized spacial score (nSPS) is 11.3. The van der Waals surface area contributed by atoms with Crippen molar-refractivity contribution in [1.82, 2.24) is 4.98 Å². The molecule has 7 nitrogen and oxygen atoms in total. The van der Waals surface area contributed by atoms with Gasteiger partial charge in [-0.3, -0.25) is 4.72 Å². The number of aryl methyl sites for hydroxylation is 2. The molecule has 0 saturated heterocycles. The van der Waals surface area contributed by atoms with Gasteiger partial charge in [0.2, 0.25) is 0 Å². The van der Waals surface area contributed by atoms with Crippen LogP contribution in [0, 0.1) is 13.8 Å². The molecule has 1 aromatic heterocycles. The van der Waals surface area contributed by atoms with Crippen LogP contribution in [0.3, 0.4) is 0 Å². The lowest BCUT2D eigenvalue weighted by molar-refractivity contribution is 0.262. The number of urea groups is 1. The highest BCUT2D eigenvalue weighted by molar-refractivity contribution is 7.93. The fourth-order valence-corrected chi connectivity index (χ4v) is 5.09. The van der Waals surface area contributed by atoms with Crippen LogP contribution in [0.25, 0.3) is 10.2 Å². The lowest BCUT2D eigenvalue weighted by Crippen LogP contribution is -2.19. The topological polar surface area (TPSA) is 100 Å². The van der Waals surface area contributed by atoms with Gasteiger partial charge in [0.05, 0.1) is 15.1 Å². The number of sulfonamides is 1. The van der Waals surface area contributed by atoms with Gasteiger partial charge in [0.15, 0.2) is 5.13 Å². The summed E-state index contributed by atoms with van der Waals surface area (Å²) in [5, 5.41) is 5.86. The SMILES string of the molecule is Cc1ccc(NC(=O)Nc2ccc3nc(NS(=O)(=O)c4ccccc4)sc3c2)cc1C. The molecular weight excluding hydrogens is 432 g/mol. The number of nitrogens with zero attached hydrogens (tertiary/aromatic N) is 1. The number of thiazole rings is 1. The van der Waals surface area contributed by atoms with E-state index in [0.717, 1.165) is 15.8 Å². The van der Waals surface area contributed by atoms with E-state index in [1.54, 1.807) is 36.4 Å². The second-order valence-corrected chi connectivity index (χ2v) is 9.71. The van der Waals surface area contributed by atoms with Crippen molar-refractivity contribution in [2.45, 2.75) is 18.7 Å². The molecular formula is C22H20N4O3S2. The van der Waals surface area contributed by atoms with Crippen LogP contribution in [0.2, 0.25) is 0 Å². The first kappa shape index (κ1) is 20.8. The average Bonchev–Trinajstić information content (AvgIpc) is 3.12. The van der Waals surface area contributed by atoms with Gasteiger partial charge in [0.1, 0.15) is 0 Å². The van der Waals surface area contributed by atoms with Gasteiger partial charge in [-0.1, -0.05) is 35.6 Å². The van der Waals surface area contributed by atoms with E-state index in [1.165, 1.54) is 23.5 Å². The van der Waals surface area contributed by atoms with Crippen LogP contribution in [0.15, 0.2) is 71.6 Å². The van der Waals surface area contributed by atoms with Crippen molar-refractivity contribution in [1.29, 1.82) is 0 Å². The molecule has 0 bridgehead atoms. The summed E-state index contributed by atoms with van der Waals surface area (Å²) >= 11 is 1.19. The maximum atomic E-state index is 12.5. The van der Waals surface area contributed by atoms with Crippen LogP contribution in [-0.4, -0.2) is 19.4 Å². The van der Waals surface area contributed by atoms with Gasteiger partial charge in [-0.2, -0.15) is 0 Å². The fourth-order valence-electron chi connectivity index (χ4n) is 2.93. The molecule has 2 amide bonds. The molecule has 0 fully saturated rings. The van der Waals surface area contributed by atoms with E-state index in [-0.39, 0.29) is 16.1 Å². The van der Waals surface area contributed by atoms with Gasteiger partial charge >= 0.3 is 6.03 Å². The zero-order valence-corrected chi connectivity index (χ0v) is 18.5. The number of fused-ring (bicyclic) bond motifs is 1. The number of rotatable bonds is 5. The van der Waals surface area contributed by atoms with Crippen LogP contribution in [0.5, 0.6) is 0 Å². The third kappa shape index (κ3) is 4.84. The van der Waals surface area contributed by atoms with Crippen molar-refractivity contribution in [3.8, 4) is 0 Å². The molecule has 9 heteroatoms. The molecule has 1 heterocycles. The molecule has 158 valence electrons. The molecule has 0 radical (unpaired) electrons. The van der Waals surface area contributed by atoms with Gasteiger partial charge in [-0.25, -0.2) is 18.2 Å². The molecule has 31 heavy (non-hydrogen) atoms. The Balaban J connectivity index is 1.48. The minimum atomic E-state index is -3.71. The van der Waals surface area contributed by atoms with Crippen LogP contribution in [0.4, 0.5) is 21.3 Å². The number of carbonyl (C=O) groups is 1. The van der Waals surface area contributed by atoms with E-state index in [9.17, 15) is 13.2 Å². The van der Waals surface area contributed by atoms with Gasteiger partial charge in [-0.15, -0.1) is 0 Å². The van der Waals surface area contributed by atoms with Crippen LogP contribution in [0.1, 0.15) is 11.1 Å². The molecule has 0 aliphatic heterocycles. The Morgan fingerprint density at radius 1 is 0.871 bits per heavy atom. The van der Waals surface area contributed by atoms with Crippen molar-refractivity contribution < 1.29 is 13.2 Å². The minimum absolute atomic E-state index is 0.166. The number of hydrogen-bond donors (Lipinski definition) is 3. The van der Waals surface area contributed by atoms with Crippen molar-refractivity contribution >= 4 is 54.1 Å². The lowest BCUT2D eigenvalue weighted by atomic mass is 10.1. The molecule has 3 N–H and O–H groups in total. The fraction of sp³-hybridized carbons (Fsp3) is 0.0909. The molecule has 4 rings (SSSR count). The van der Waals surface area contributed by atoms with E-state index >= 15 is 0 Å². The molecule has 0 atom stereocenters. The van der Waals surface area contributed by atoms with Crippen molar-refractivity contribution in [3.63, 3.8) is 0 Å². The minimum Gasteiger partial charge on any atom is -0.308 e. The Labute approximate surface area is 184 Å². The highest BCUT2D eigenvalue weighted by atomic mass is 32.2. The average molecular weight is 453 g/mol. The second kappa shape index (κ2) is 8.37. The molecule has 0 unspecified atom stereocenters. The number of nitrogens with one attached hydrogen (secondary N) is 3. The van der Waals surface area contributed by atoms with E-state index in [1.807, 2.05) is 32.0 Å². The molecule has 0 aliphatic carbocycles. The summed E-state index contributed by atoms with van der Waals surface area (Å²) < 4.78 is 28.3. The third-order valence-electron chi connectivity index (χ3n) is 4.69. The van der Waals surface area contributed by atoms with Crippen LogP contribution >= 0.6 is 11.3 Å². The Kier molecular flexibility index (Phi) is 5.62. The van der Waals surface area contributed by atoms with Crippen LogP contribution in [-0.2, 0) is 10.0 Å². The number of carbonyl (C=O) groups excluding carboxylic acids is 1. The highest BCUT2D eigenvalue weighted by Crippen LogP contribution is 2.30. The largest absolute Gasteiger partial charge is 0.323 e. The zero-order chi connectivity index (χ0) is 22.0. The quantitative estimate of drug-likeness (QED) is 0.380.